The number of rotatable bonds is 11. The van der Waals surface area contributed by atoms with E-state index in [1.54, 1.807) is 0 Å². The number of unbranched alkanes of at least 4 members (excludes halogenated alkanes) is 7. The first-order chi connectivity index (χ1) is 7.43. The fourth-order valence-corrected chi connectivity index (χ4v) is 2.75. The highest BCUT2D eigenvalue weighted by atomic mass is 32.2. The van der Waals surface area contributed by atoms with Gasteiger partial charge in [0.15, 0.2) is 0 Å². The minimum atomic E-state index is 0.615. The van der Waals surface area contributed by atoms with Crippen LogP contribution in [-0.2, 0) is 4.74 Å². The third kappa shape index (κ3) is 9.25. The summed E-state index contributed by atoms with van der Waals surface area (Å²) in [5.74, 6) is 2.57. The molecule has 0 aromatic heterocycles. The highest BCUT2D eigenvalue weighted by Gasteiger charge is 2.21. The third-order valence-corrected chi connectivity index (χ3v) is 4.03. The zero-order valence-corrected chi connectivity index (χ0v) is 11.0. The van der Waals surface area contributed by atoms with Crippen LogP contribution >= 0.6 is 11.8 Å². The number of hydrogen-bond donors (Lipinski definition) is 0. The normalized spacial score (nSPS) is 19.4. The molecule has 1 fully saturated rings. The van der Waals surface area contributed by atoms with E-state index in [1.807, 2.05) is 0 Å². The Morgan fingerprint density at radius 1 is 1.00 bits per heavy atom. The fraction of sp³-hybridized carbons (Fsp3) is 1.00. The zero-order chi connectivity index (χ0) is 10.8. The molecule has 0 amide bonds. The Kier molecular flexibility index (Phi) is 8.50. The van der Waals surface area contributed by atoms with E-state index < -0.39 is 0 Å². The first-order valence-corrected chi connectivity index (χ1v) is 7.78. The van der Waals surface area contributed by atoms with Crippen molar-refractivity contribution in [2.24, 2.45) is 0 Å². The van der Waals surface area contributed by atoms with Crippen molar-refractivity contribution in [3.05, 3.63) is 0 Å². The van der Waals surface area contributed by atoms with Crippen LogP contribution in [0.4, 0.5) is 0 Å². The first-order valence-electron chi connectivity index (χ1n) is 6.63. The van der Waals surface area contributed by atoms with E-state index in [2.05, 4.69) is 18.7 Å². The molecule has 0 aromatic rings. The maximum atomic E-state index is 5.17. The molecule has 1 nitrogen and oxygen atoms in total. The van der Waals surface area contributed by atoms with E-state index >= 15 is 0 Å². The van der Waals surface area contributed by atoms with E-state index in [9.17, 15) is 0 Å². The van der Waals surface area contributed by atoms with Crippen LogP contribution in [-0.4, -0.2) is 24.2 Å². The van der Waals surface area contributed by atoms with Gasteiger partial charge in [-0.05, 0) is 12.2 Å². The Balaban J connectivity index is 1.62. The van der Waals surface area contributed by atoms with Crippen molar-refractivity contribution in [2.75, 3.05) is 18.1 Å². The van der Waals surface area contributed by atoms with Gasteiger partial charge in [0.2, 0.25) is 0 Å². The van der Waals surface area contributed by atoms with Gasteiger partial charge in [0.05, 0.1) is 12.7 Å². The molecule has 1 atom stereocenters. The second-order valence-electron chi connectivity index (χ2n) is 4.51. The van der Waals surface area contributed by atoms with Crippen molar-refractivity contribution in [3.63, 3.8) is 0 Å². The molecule has 1 unspecified atom stereocenters. The minimum absolute atomic E-state index is 0.615. The van der Waals surface area contributed by atoms with Crippen molar-refractivity contribution in [3.8, 4) is 0 Å². The zero-order valence-electron chi connectivity index (χ0n) is 10.2. The molecule has 15 heavy (non-hydrogen) atoms. The van der Waals surface area contributed by atoms with Crippen LogP contribution in [0.3, 0.4) is 0 Å². The third-order valence-electron chi connectivity index (χ3n) is 2.85. The Morgan fingerprint density at radius 3 is 2.20 bits per heavy atom. The van der Waals surface area contributed by atoms with Crippen LogP contribution in [0.2, 0.25) is 0 Å². The summed E-state index contributed by atoms with van der Waals surface area (Å²) in [6.07, 6.45) is 12.1. The summed E-state index contributed by atoms with van der Waals surface area (Å²) in [6, 6.07) is 0. The van der Waals surface area contributed by atoms with E-state index in [4.69, 9.17) is 4.74 Å². The Labute approximate surface area is 99.3 Å². The largest absolute Gasteiger partial charge is 0.372 e. The van der Waals surface area contributed by atoms with Crippen molar-refractivity contribution >= 4 is 11.8 Å². The Bertz CT molecular complexity index is 134. The average Bonchev–Trinajstić information content (AvgIpc) is 3.05. The molecule has 90 valence electrons. The molecule has 1 heterocycles. The van der Waals surface area contributed by atoms with Gasteiger partial charge in [0.1, 0.15) is 0 Å². The molecule has 1 rings (SSSR count). The maximum absolute atomic E-state index is 5.17. The lowest BCUT2D eigenvalue weighted by atomic mass is 10.1. The highest BCUT2D eigenvalue weighted by molar-refractivity contribution is 7.99. The van der Waals surface area contributed by atoms with E-state index in [1.165, 1.54) is 62.9 Å². The smallest absolute Gasteiger partial charge is 0.0900 e. The molecule has 0 aliphatic carbocycles. The van der Waals surface area contributed by atoms with Crippen LogP contribution in [0.5, 0.6) is 0 Å². The van der Waals surface area contributed by atoms with Gasteiger partial charge in [0.25, 0.3) is 0 Å². The SMILES string of the molecule is CCCCCCCCCCSCC1CO1. The predicted molar refractivity (Wildman–Crippen MR) is 69.7 cm³/mol. The molecular weight excluding hydrogens is 204 g/mol. The van der Waals surface area contributed by atoms with Crippen LogP contribution < -0.4 is 0 Å². The molecule has 1 saturated heterocycles. The van der Waals surface area contributed by atoms with Crippen LogP contribution in [0.25, 0.3) is 0 Å². The predicted octanol–water partition coefficient (Wildman–Crippen LogP) is 4.26. The lowest BCUT2D eigenvalue weighted by Gasteiger charge is -2.01. The molecule has 0 aromatic carbocycles. The summed E-state index contributed by atoms with van der Waals surface area (Å²) in [5.41, 5.74) is 0. The average molecular weight is 230 g/mol. The maximum Gasteiger partial charge on any atom is 0.0900 e. The van der Waals surface area contributed by atoms with Crippen LogP contribution in [0, 0.1) is 0 Å². The molecule has 0 spiro atoms. The van der Waals surface area contributed by atoms with Gasteiger partial charge in [-0.2, -0.15) is 11.8 Å². The lowest BCUT2D eigenvalue weighted by molar-refractivity contribution is 0.426. The molecular formula is C13H26OS. The number of ether oxygens (including phenoxy) is 1. The summed E-state index contributed by atoms with van der Waals surface area (Å²) >= 11 is 2.07. The second-order valence-corrected chi connectivity index (χ2v) is 5.65. The van der Waals surface area contributed by atoms with Gasteiger partial charge in [-0.1, -0.05) is 51.9 Å². The van der Waals surface area contributed by atoms with Crippen molar-refractivity contribution in [2.45, 2.75) is 64.4 Å². The second kappa shape index (κ2) is 9.53. The van der Waals surface area contributed by atoms with Gasteiger partial charge in [0, 0.05) is 5.75 Å². The lowest BCUT2D eigenvalue weighted by Crippen LogP contribution is -1.91. The fourth-order valence-electron chi connectivity index (χ4n) is 1.72. The molecule has 1 aliphatic rings. The van der Waals surface area contributed by atoms with Gasteiger partial charge >= 0.3 is 0 Å². The number of hydrogen-bond acceptors (Lipinski definition) is 2. The van der Waals surface area contributed by atoms with Crippen LogP contribution in [0.1, 0.15) is 58.3 Å². The van der Waals surface area contributed by atoms with Crippen molar-refractivity contribution in [1.29, 1.82) is 0 Å². The summed E-state index contributed by atoms with van der Waals surface area (Å²) in [7, 11) is 0. The van der Waals surface area contributed by atoms with Gasteiger partial charge in [-0.15, -0.1) is 0 Å². The molecule has 0 bridgehead atoms. The van der Waals surface area contributed by atoms with Gasteiger partial charge in [-0.3, -0.25) is 0 Å². The Hall–Kier alpha value is 0.310. The van der Waals surface area contributed by atoms with Crippen molar-refractivity contribution in [1.82, 2.24) is 0 Å². The quantitative estimate of drug-likeness (QED) is 0.388. The standard InChI is InChI=1S/C13H26OS/c1-2-3-4-5-6-7-8-9-10-15-12-13-11-14-13/h13H,2-12H2,1H3. The monoisotopic (exact) mass is 230 g/mol. The van der Waals surface area contributed by atoms with E-state index in [-0.39, 0.29) is 0 Å². The van der Waals surface area contributed by atoms with E-state index in [0.29, 0.717) is 6.10 Å². The highest BCUT2D eigenvalue weighted by Crippen LogP contribution is 2.17. The molecule has 0 radical (unpaired) electrons. The first kappa shape index (κ1) is 13.4. The van der Waals surface area contributed by atoms with Crippen LogP contribution in [0.15, 0.2) is 0 Å². The number of thioether (sulfide) groups is 1. The summed E-state index contributed by atoms with van der Waals surface area (Å²) in [6.45, 7) is 3.30. The van der Waals surface area contributed by atoms with Gasteiger partial charge in [-0.25, -0.2) is 0 Å². The summed E-state index contributed by atoms with van der Waals surface area (Å²) in [4.78, 5) is 0. The topological polar surface area (TPSA) is 12.5 Å². The molecule has 1 aliphatic heterocycles. The minimum Gasteiger partial charge on any atom is -0.372 e. The summed E-state index contributed by atoms with van der Waals surface area (Å²) < 4.78 is 5.17. The Morgan fingerprint density at radius 2 is 1.60 bits per heavy atom. The molecule has 0 saturated carbocycles. The summed E-state index contributed by atoms with van der Waals surface area (Å²) in [5, 5.41) is 0. The number of epoxide rings is 1. The molecule has 0 N–H and O–H groups in total. The molecule has 2 heteroatoms. The van der Waals surface area contributed by atoms with Crippen molar-refractivity contribution < 1.29 is 4.74 Å². The van der Waals surface area contributed by atoms with E-state index in [0.717, 1.165) is 6.61 Å². The van der Waals surface area contributed by atoms with Gasteiger partial charge < -0.3 is 4.74 Å².